The second kappa shape index (κ2) is 20.4. The summed E-state index contributed by atoms with van der Waals surface area (Å²) in [6, 6.07) is 20.4. The molecule has 0 spiro atoms. The summed E-state index contributed by atoms with van der Waals surface area (Å²) in [6.07, 6.45) is 15.7. The fourth-order valence-corrected chi connectivity index (χ4v) is 3.72. The van der Waals surface area contributed by atoms with Gasteiger partial charge in [-0.2, -0.15) is 0 Å². The van der Waals surface area contributed by atoms with Crippen LogP contribution in [0.4, 0.5) is 11.4 Å². The first-order chi connectivity index (χ1) is 16.3. The van der Waals surface area contributed by atoms with Crippen LogP contribution in [0.3, 0.4) is 0 Å². The fourth-order valence-electron chi connectivity index (χ4n) is 3.72. The number of rotatable bonds is 15. The zero-order chi connectivity index (χ0) is 23.4. The Hall–Kier alpha value is -2.00. The van der Waals surface area contributed by atoms with Gasteiger partial charge in [0, 0.05) is 26.8 Å². The molecule has 0 radical (unpaired) electrons. The average Bonchev–Trinajstić information content (AvgIpc) is 2.85. The molecule has 0 saturated heterocycles. The van der Waals surface area contributed by atoms with Crippen molar-refractivity contribution in [3.63, 3.8) is 0 Å². The largest absolute Gasteiger partial charge is 0.251 e. The normalized spacial score (nSPS) is 11.5. The van der Waals surface area contributed by atoms with Crippen molar-refractivity contribution in [2.75, 3.05) is 0 Å². The second-order valence-electron chi connectivity index (χ2n) is 8.67. The zero-order valence-electron chi connectivity index (χ0n) is 21.2. The SMILES string of the molecule is CCCCCCCC#CC(=N\c1ccccc1)/C(CCCCCCCC)=N/c1ccccc1.[Pd]. The van der Waals surface area contributed by atoms with Crippen molar-refractivity contribution in [3.8, 4) is 11.8 Å². The smallest absolute Gasteiger partial charge is 0.135 e. The molecule has 0 saturated carbocycles. The summed E-state index contributed by atoms with van der Waals surface area (Å²) in [7, 11) is 0. The number of aliphatic imine (C=N–C) groups is 2. The molecule has 2 rings (SSSR count). The topological polar surface area (TPSA) is 24.7 Å². The van der Waals surface area contributed by atoms with E-state index in [-0.39, 0.29) is 20.4 Å². The molecule has 0 heterocycles. The fraction of sp³-hybridized carbons (Fsp3) is 0.484. The van der Waals surface area contributed by atoms with E-state index in [4.69, 9.17) is 9.98 Å². The van der Waals surface area contributed by atoms with E-state index in [1.807, 2.05) is 48.5 Å². The van der Waals surface area contributed by atoms with Crippen LogP contribution in [0.2, 0.25) is 0 Å². The maximum absolute atomic E-state index is 5.01. The minimum Gasteiger partial charge on any atom is -0.251 e. The van der Waals surface area contributed by atoms with Gasteiger partial charge in [0.2, 0.25) is 0 Å². The predicted molar refractivity (Wildman–Crippen MR) is 146 cm³/mol. The van der Waals surface area contributed by atoms with Gasteiger partial charge < -0.3 is 0 Å². The number of nitrogens with zero attached hydrogens (tertiary/aromatic N) is 2. The third-order valence-corrected chi connectivity index (χ3v) is 5.67. The van der Waals surface area contributed by atoms with Crippen molar-refractivity contribution >= 4 is 22.8 Å². The first-order valence-electron chi connectivity index (χ1n) is 13.1. The third kappa shape index (κ3) is 13.6. The Balaban J connectivity index is 0.00000578. The molecule has 2 aromatic rings. The number of hydrogen-bond donors (Lipinski definition) is 0. The summed E-state index contributed by atoms with van der Waals surface area (Å²) in [6.45, 7) is 4.52. The Morgan fingerprint density at radius 3 is 1.71 bits per heavy atom. The van der Waals surface area contributed by atoms with Crippen molar-refractivity contribution in [3.05, 3.63) is 60.7 Å². The molecule has 0 aliphatic heterocycles. The maximum atomic E-state index is 5.01. The molecule has 2 nitrogen and oxygen atoms in total. The summed E-state index contributed by atoms with van der Waals surface area (Å²) in [5, 5.41) is 0. The van der Waals surface area contributed by atoms with Gasteiger partial charge in [-0.3, -0.25) is 4.99 Å². The number of hydrogen-bond acceptors (Lipinski definition) is 2. The summed E-state index contributed by atoms with van der Waals surface area (Å²) in [5.74, 6) is 6.82. The number of para-hydroxylation sites is 2. The second-order valence-corrected chi connectivity index (χ2v) is 8.67. The molecule has 0 aliphatic carbocycles. The van der Waals surface area contributed by atoms with Gasteiger partial charge in [0.1, 0.15) is 5.71 Å². The number of benzene rings is 2. The van der Waals surface area contributed by atoms with Crippen molar-refractivity contribution in [1.82, 2.24) is 0 Å². The van der Waals surface area contributed by atoms with E-state index < -0.39 is 0 Å². The summed E-state index contributed by atoms with van der Waals surface area (Å²) in [5.41, 5.74) is 3.75. The molecule has 34 heavy (non-hydrogen) atoms. The van der Waals surface area contributed by atoms with Gasteiger partial charge in [-0.15, -0.1) is 0 Å². The van der Waals surface area contributed by atoms with E-state index in [1.165, 1.54) is 57.8 Å². The Labute approximate surface area is 222 Å². The van der Waals surface area contributed by atoms with Crippen LogP contribution >= 0.6 is 0 Å². The van der Waals surface area contributed by atoms with Crippen molar-refractivity contribution < 1.29 is 20.4 Å². The van der Waals surface area contributed by atoms with Gasteiger partial charge in [-0.1, -0.05) is 114 Å². The molecule has 0 aliphatic rings. The van der Waals surface area contributed by atoms with Crippen LogP contribution in [-0.4, -0.2) is 11.4 Å². The van der Waals surface area contributed by atoms with Crippen LogP contribution in [0.15, 0.2) is 70.6 Å². The van der Waals surface area contributed by atoms with Gasteiger partial charge in [0.05, 0.1) is 17.1 Å². The molecular formula is C31H42N2Pd. The minimum absolute atomic E-state index is 0. The van der Waals surface area contributed by atoms with Crippen LogP contribution < -0.4 is 0 Å². The summed E-state index contributed by atoms with van der Waals surface area (Å²) < 4.78 is 0. The van der Waals surface area contributed by atoms with Crippen LogP contribution in [-0.2, 0) is 20.4 Å². The van der Waals surface area contributed by atoms with Gasteiger partial charge in [0.25, 0.3) is 0 Å². The van der Waals surface area contributed by atoms with Crippen molar-refractivity contribution in [1.29, 1.82) is 0 Å². The molecule has 0 atom stereocenters. The first-order valence-corrected chi connectivity index (χ1v) is 13.1. The van der Waals surface area contributed by atoms with Gasteiger partial charge in [-0.25, -0.2) is 4.99 Å². The van der Waals surface area contributed by atoms with E-state index in [9.17, 15) is 0 Å². The molecule has 2 aromatic carbocycles. The molecule has 0 fully saturated rings. The van der Waals surface area contributed by atoms with E-state index in [1.54, 1.807) is 0 Å². The quantitative estimate of drug-likeness (QED) is 0.0915. The molecule has 3 heteroatoms. The van der Waals surface area contributed by atoms with Gasteiger partial charge in [0.15, 0.2) is 0 Å². The third-order valence-electron chi connectivity index (χ3n) is 5.67. The van der Waals surface area contributed by atoms with Crippen LogP contribution in [0.5, 0.6) is 0 Å². The van der Waals surface area contributed by atoms with Crippen molar-refractivity contribution in [2.24, 2.45) is 9.98 Å². The van der Waals surface area contributed by atoms with E-state index in [0.29, 0.717) is 0 Å². The van der Waals surface area contributed by atoms with Crippen molar-refractivity contribution in [2.45, 2.75) is 97.3 Å². The van der Waals surface area contributed by atoms with Crippen LogP contribution in [0, 0.1) is 11.8 Å². The monoisotopic (exact) mass is 548 g/mol. The Kier molecular flexibility index (Phi) is 18.0. The summed E-state index contributed by atoms with van der Waals surface area (Å²) in [4.78, 5) is 9.95. The Morgan fingerprint density at radius 1 is 0.618 bits per heavy atom. The van der Waals surface area contributed by atoms with Crippen LogP contribution in [0.25, 0.3) is 0 Å². The van der Waals surface area contributed by atoms with Gasteiger partial charge >= 0.3 is 0 Å². The standard InChI is InChI=1S/C31H42N2.Pd/c1-3-5-7-9-11-13-21-27-31(33-29-24-18-15-19-25-29)30(26-20-12-10-8-6-4-2)32-28-22-16-14-17-23-28;/h14-19,22-25H,3-13,20,26H2,1-2H3;/b32-30+,33-31+;. The first kappa shape index (κ1) is 30.0. The Morgan fingerprint density at radius 2 is 1.12 bits per heavy atom. The summed E-state index contributed by atoms with van der Waals surface area (Å²) >= 11 is 0. The van der Waals surface area contributed by atoms with Gasteiger partial charge in [-0.05, 0) is 49.4 Å². The minimum atomic E-state index is 0. The molecular weight excluding hydrogens is 507 g/mol. The van der Waals surface area contributed by atoms with Crippen LogP contribution in [0.1, 0.15) is 97.3 Å². The van der Waals surface area contributed by atoms with E-state index in [0.717, 1.165) is 48.5 Å². The molecule has 0 bridgehead atoms. The van der Waals surface area contributed by atoms with E-state index in [2.05, 4.69) is 37.8 Å². The molecule has 186 valence electrons. The van der Waals surface area contributed by atoms with E-state index >= 15 is 0 Å². The molecule has 0 unspecified atom stereocenters. The molecule has 0 aromatic heterocycles. The average molecular weight is 549 g/mol. The number of unbranched alkanes of at least 4 members (excludes halogenated alkanes) is 10. The maximum Gasteiger partial charge on any atom is 0.135 e. The zero-order valence-corrected chi connectivity index (χ0v) is 22.7. The predicted octanol–water partition coefficient (Wildman–Crippen LogP) is 9.64. The Bertz CT molecular complexity index is 876. The molecule has 0 amide bonds. The molecule has 0 N–H and O–H groups in total.